The van der Waals surface area contributed by atoms with E-state index in [0.717, 1.165) is 37.6 Å². The molecule has 0 radical (unpaired) electrons. The fraction of sp³-hybridized carbons (Fsp3) is 0.412. The number of piperazine rings is 1. The SMILES string of the molecule is Cc1cc(NC(=O)Nc2ccc(N3CCN(C)CC3)cc2)nn1C. The Morgan fingerprint density at radius 2 is 1.71 bits per heavy atom. The summed E-state index contributed by atoms with van der Waals surface area (Å²) in [5.41, 5.74) is 2.94. The highest BCUT2D eigenvalue weighted by molar-refractivity contribution is 5.99. The van der Waals surface area contributed by atoms with Crippen molar-refractivity contribution >= 4 is 23.2 Å². The molecule has 3 rings (SSSR count). The normalized spacial score (nSPS) is 15.4. The molecule has 2 N–H and O–H groups in total. The molecule has 2 aromatic rings. The summed E-state index contributed by atoms with van der Waals surface area (Å²) < 4.78 is 1.72. The predicted molar refractivity (Wildman–Crippen MR) is 96.7 cm³/mol. The molecule has 1 aromatic heterocycles. The Morgan fingerprint density at radius 3 is 2.29 bits per heavy atom. The number of aryl methyl sites for hydroxylation is 2. The van der Waals surface area contributed by atoms with E-state index in [2.05, 4.69) is 32.6 Å². The third-order valence-electron chi connectivity index (χ3n) is 4.35. The number of nitrogens with one attached hydrogen (secondary N) is 2. The van der Waals surface area contributed by atoms with Crippen LogP contribution >= 0.6 is 0 Å². The third kappa shape index (κ3) is 3.86. The van der Waals surface area contributed by atoms with E-state index in [1.807, 2.05) is 44.3 Å². The summed E-state index contributed by atoms with van der Waals surface area (Å²) in [5, 5.41) is 9.77. The number of aromatic nitrogens is 2. The van der Waals surface area contributed by atoms with Crippen LogP contribution in [0.5, 0.6) is 0 Å². The Balaban J connectivity index is 1.56. The lowest BCUT2D eigenvalue weighted by molar-refractivity contribution is 0.262. The van der Waals surface area contributed by atoms with Gasteiger partial charge in [0.1, 0.15) is 0 Å². The summed E-state index contributed by atoms with van der Waals surface area (Å²) in [6.45, 7) is 6.15. The van der Waals surface area contributed by atoms with Gasteiger partial charge in [-0.15, -0.1) is 0 Å². The molecule has 0 spiro atoms. The van der Waals surface area contributed by atoms with Crippen molar-refractivity contribution in [3.63, 3.8) is 0 Å². The van der Waals surface area contributed by atoms with E-state index in [1.54, 1.807) is 4.68 Å². The van der Waals surface area contributed by atoms with Crippen LogP contribution in [0, 0.1) is 6.92 Å². The zero-order chi connectivity index (χ0) is 17.1. The molecular weight excluding hydrogens is 304 g/mol. The summed E-state index contributed by atoms with van der Waals surface area (Å²) in [7, 11) is 3.99. The summed E-state index contributed by atoms with van der Waals surface area (Å²) in [6.07, 6.45) is 0. The highest BCUT2D eigenvalue weighted by Crippen LogP contribution is 2.19. The molecular formula is C17H24N6O. The number of rotatable bonds is 3. The number of urea groups is 1. The second kappa shape index (κ2) is 6.92. The Morgan fingerprint density at radius 1 is 1.04 bits per heavy atom. The molecule has 0 bridgehead atoms. The predicted octanol–water partition coefficient (Wildman–Crippen LogP) is 2.12. The first-order valence-electron chi connectivity index (χ1n) is 8.13. The Bertz CT molecular complexity index is 681. The summed E-state index contributed by atoms with van der Waals surface area (Å²) in [5.74, 6) is 0.543. The fourth-order valence-electron chi connectivity index (χ4n) is 2.72. The first-order valence-corrected chi connectivity index (χ1v) is 8.13. The molecule has 0 atom stereocenters. The van der Waals surface area contributed by atoms with Crippen molar-refractivity contribution in [3.05, 3.63) is 36.0 Å². The number of anilines is 3. The van der Waals surface area contributed by atoms with Crippen LogP contribution < -0.4 is 15.5 Å². The zero-order valence-corrected chi connectivity index (χ0v) is 14.4. The minimum absolute atomic E-state index is 0.291. The number of hydrogen-bond acceptors (Lipinski definition) is 4. The molecule has 1 saturated heterocycles. The van der Waals surface area contributed by atoms with E-state index >= 15 is 0 Å². The van der Waals surface area contributed by atoms with Gasteiger partial charge in [-0.3, -0.25) is 10.00 Å². The van der Waals surface area contributed by atoms with Gasteiger partial charge in [0.25, 0.3) is 0 Å². The molecule has 2 amide bonds. The zero-order valence-electron chi connectivity index (χ0n) is 14.4. The van der Waals surface area contributed by atoms with Gasteiger partial charge in [-0.2, -0.15) is 5.10 Å². The van der Waals surface area contributed by atoms with Crippen LogP contribution in [-0.4, -0.2) is 53.9 Å². The molecule has 1 aromatic carbocycles. The maximum absolute atomic E-state index is 12.0. The number of benzene rings is 1. The third-order valence-corrected chi connectivity index (χ3v) is 4.35. The van der Waals surface area contributed by atoms with Gasteiger partial charge in [-0.1, -0.05) is 0 Å². The van der Waals surface area contributed by atoms with Gasteiger partial charge >= 0.3 is 6.03 Å². The molecule has 1 aliphatic heterocycles. The van der Waals surface area contributed by atoms with Crippen LogP contribution in [0.15, 0.2) is 30.3 Å². The Kier molecular flexibility index (Phi) is 4.71. The van der Waals surface area contributed by atoms with Crippen LogP contribution in [-0.2, 0) is 7.05 Å². The van der Waals surface area contributed by atoms with Crippen LogP contribution in [0.25, 0.3) is 0 Å². The monoisotopic (exact) mass is 328 g/mol. The van der Waals surface area contributed by atoms with Crippen LogP contribution in [0.2, 0.25) is 0 Å². The van der Waals surface area contributed by atoms with Crippen molar-refractivity contribution in [2.75, 3.05) is 48.8 Å². The number of carbonyl (C=O) groups is 1. The second-order valence-electron chi connectivity index (χ2n) is 6.21. The van der Waals surface area contributed by atoms with Gasteiger partial charge in [0.15, 0.2) is 5.82 Å². The van der Waals surface area contributed by atoms with Crippen molar-refractivity contribution in [3.8, 4) is 0 Å². The highest BCUT2D eigenvalue weighted by Gasteiger charge is 2.14. The molecule has 7 nitrogen and oxygen atoms in total. The topological polar surface area (TPSA) is 65.4 Å². The van der Waals surface area contributed by atoms with Gasteiger partial charge in [0.2, 0.25) is 0 Å². The van der Waals surface area contributed by atoms with Gasteiger partial charge in [-0.25, -0.2) is 4.79 Å². The number of amides is 2. The summed E-state index contributed by atoms with van der Waals surface area (Å²) in [4.78, 5) is 16.7. The van der Waals surface area contributed by atoms with Gasteiger partial charge < -0.3 is 15.1 Å². The van der Waals surface area contributed by atoms with Crippen molar-refractivity contribution in [1.29, 1.82) is 0 Å². The quantitative estimate of drug-likeness (QED) is 0.906. The largest absolute Gasteiger partial charge is 0.369 e. The van der Waals surface area contributed by atoms with Gasteiger partial charge in [0.05, 0.1) is 0 Å². The van der Waals surface area contributed by atoms with E-state index < -0.39 is 0 Å². The molecule has 0 saturated carbocycles. The van der Waals surface area contributed by atoms with Crippen LogP contribution in [0.1, 0.15) is 5.69 Å². The van der Waals surface area contributed by atoms with Crippen molar-refractivity contribution in [2.45, 2.75) is 6.92 Å². The van der Waals surface area contributed by atoms with Crippen LogP contribution in [0.4, 0.5) is 22.0 Å². The van der Waals surface area contributed by atoms with E-state index in [9.17, 15) is 4.79 Å². The van der Waals surface area contributed by atoms with Gasteiger partial charge in [0, 0.05) is 56.4 Å². The lowest BCUT2D eigenvalue weighted by atomic mass is 10.2. The lowest BCUT2D eigenvalue weighted by Crippen LogP contribution is -2.44. The highest BCUT2D eigenvalue weighted by atomic mass is 16.2. The lowest BCUT2D eigenvalue weighted by Gasteiger charge is -2.34. The Hall–Kier alpha value is -2.54. The minimum atomic E-state index is -0.291. The number of nitrogens with zero attached hydrogens (tertiary/aromatic N) is 4. The molecule has 1 fully saturated rings. The van der Waals surface area contributed by atoms with E-state index in [0.29, 0.717) is 5.82 Å². The maximum atomic E-state index is 12.0. The van der Waals surface area contributed by atoms with Crippen molar-refractivity contribution in [2.24, 2.45) is 7.05 Å². The average molecular weight is 328 g/mol. The smallest absolute Gasteiger partial charge is 0.324 e. The number of likely N-dealkylation sites (N-methyl/N-ethyl adjacent to an activating group) is 1. The van der Waals surface area contributed by atoms with E-state index in [1.165, 1.54) is 5.69 Å². The molecule has 0 aliphatic carbocycles. The van der Waals surface area contributed by atoms with E-state index in [-0.39, 0.29) is 6.03 Å². The van der Waals surface area contributed by atoms with E-state index in [4.69, 9.17) is 0 Å². The molecule has 2 heterocycles. The molecule has 128 valence electrons. The first-order chi connectivity index (χ1) is 11.5. The molecule has 1 aliphatic rings. The van der Waals surface area contributed by atoms with Crippen molar-refractivity contribution < 1.29 is 4.79 Å². The second-order valence-corrected chi connectivity index (χ2v) is 6.21. The first kappa shape index (κ1) is 16.3. The van der Waals surface area contributed by atoms with Crippen LogP contribution in [0.3, 0.4) is 0 Å². The molecule has 0 unspecified atom stereocenters. The average Bonchev–Trinajstić information content (AvgIpc) is 2.86. The number of hydrogen-bond donors (Lipinski definition) is 2. The Labute approximate surface area is 142 Å². The molecule has 7 heteroatoms. The minimum Gasteiger partial charge on any atom is -0.369 e. The molecule has 24 heavy (non-hydrogen) atoms. The number of carbonyl (C=O) groups excluding carboxylic acids is 1. The van der Waals surface area contributed by atoms with Gasteiger partial charge in [-0.05, 0) is 38.2 Å². The summed E-state index contributed by atoms with van der Waals surface area (Å²) in [6, 6.07) is 9.49. The fourth-order valence-corrected chi connectivity index (χ4v) is 2.72. The summed E-state index contributed by atoms with van der Waals surface area (Å²) >= 11 is 0. The van der Waals surface area contributed by atoms with Crippen molar-refractivity contribution in [1.82, 2.24) is 14.7 Å². The maximum Gasteiger partial charge on any atom is 0.324 e. The standard InChI is InChI=1S/C17H24N6O/c1-13-12-16(20-22(13)3)19-17(24)18-14-4-6-15(7-5-14)23-10-8-21(2)9-11-23/h4-7,12H,8-11H2,1-3H3,(H2,18,19,20,24).